The molecule has 1 N–H and O–H groups in total. The second-order valence-corrected chi connectivity index (χ2v) is 7.05. The van der Waals surface area contributed by atoms with Crippen LogP contribution < -0.4 is 0 Å². The van der Waals surface area contributed by atoms with E-state index in [0.29, 0.717) is 24.7 Å². The molecule has 0 radical (unpaired) electrons. The number of likely N-dealkylation sites (tertiary alicyclic amines) is 1. The summed E-state index contributed by atoms with van der Waals surface area (Å²) in [5.41, 5.74) is 0. The van der Waals surface area contributed by atoms with E-state index in [1.165, 1.54) is 11.3 Å². The summed E-state index contributed by atoms with van der Waals surface area (Å²) >= 11 is 4.92. The molecule has 2 aromatic heterocycles. The fraction of sp³-hybridized carbons (Fsp3) is 0.417. The summed E-state index contributed by atoms with van der Waals surface area (Å²) in [6.45, 7) is 1.13. The molecule has 3 heterocycles. The standard InChI is InChI=1S/C12H12BrN3O3S.ClH/c13-9-4-3-8(20-9)11-14-10(19-15-11)6-16-5-1-2-7(16)12(17)18;/h3-4,7H,1-2,5-6H2,(H,17,18);1H/t7-;/m1./s1. The average Bonchev–Trinajstić information content (AvgIpc) is 3.09. The summed E-state index contributed by atoms with van der Waals surface area (Å²) in [6.07, 6.45) is 1.56. The zero-order valence-corrected chi connectivity index (χ0v) is 14.1. The normalized spacial score (nSPS) is 18.6. The van der Waals surface area contributed by atoms with Crippen molar-refractivity contribution in [3.05, 3.63) is 21.8 Å². The van der Waals surface area contributed by atoms with E-state index in [4.69, 9.17) is 9.63 Å². The van der Waals surface area contributed by atoms with Crippen LogP contribution in [0.1, 0.15) is 18.7 Å². The maximum absolute atomic E-state index is 11.1. The van der Waals surface area contributed by atoms with Gasteiger partial charge in [0.15, 0.2) is 0 Å². The summed E-state index contributed by atoms with van der Waals surface area (Å²) in [5, 5.41) is 13.1. The first-order valence-electron chi connectivity index (χ1n) is 6.18. The van der Waals surface area contributed by atoms with E-state index in [1.807, 2.05) is 17.0 Å². The SMILES string of the molecule is Cl.O=C(O)[C@H]1CCCN1Cc1nc(-c2ccc(Br)s2)no1. The first kappa shape index (κ1) is 16.4. The molecule has 3 rings (SSSR count). The van der Waals surface area contributed by atoms with Gasteiger partial charge >= 0.3 is 5.97 Å². The van der Waals surface area contributed by atoms with Gasteiger partial charge < -0.3 is 9.63 Å². The summed E-state index contributed by atoms with van der Waals surface area (Å²) in [4.78, 5) is 18.2. The fourth-order valence-electron chi connectivity index (χ4n) is 2.32. The van der Waals surface area contributed by atoms with Crippen LogP contribution in [-0.2, 0) is 11.3 Å². The number of nitrogens with zero attached hydrogens (tertiary/aromatic N) is 3. The summed E-state index contributed by atoms with van der Waals surface area (Å²) in [5.74, 6) is 0.212. The van der Waals surface area contributed by atoms with Crippen LogP contribution in [0, 0.1) is 0 Å². The Morgan fingerprint density at radius 3 is 3.05 bits per heavy atom. The quantitative estimate of drug-likeness (QED) is 0.858. The molecule has 1 atom stereocenters. The van der Waals surface area contributed by atoms with Gasteiger partial charge in [0, 0.05) is 0 Å². The largest absolute Gasteiger partial charge is 0.480 e. The van der Waals surface area contributed by atoms with Crippen molar-refractivity contribution in [3.63, 3.8) is 0 Å². The van der Waals surface area contributed by atoms with E-state index in [2.05, 4.69) is 26.1 Å². The van der Waals surface area contributed by atoms with E-state index in [-0.39, 0.29) is 12.4 Å². The third kappa shape index (κ3) is 3.63. The summed E-state index contributed by atoms with van der Waals surface area (Å²) < 4.78 is 6.22. The Balaban J connectivity index is 0.00000161. The Labute approximate surface area is 139 Å². The maximum atomic E-state index is 11.1. The van der Waals surface area contributed by atoms with Crippen LogP contribution in [0.3, 0.4) is 0 Å². The van der Waals surface area contributed by atoms with E-state index in [9.17, 15) is 4.79 Å². The number of rotatable bonds is 4. The van der Waals surface area contributed by atoms with Gasteiger partial charge in [-0.15, -0.1) is 23.7 Å². The second-order valence-electron chi connectivity index (χ2n) is 4.58. The molecule has 0 saturated carbocycles. The number of aliphatic carboxylic acids is 1. The van der Waals surface area contributed by atoms with Gasteiger partial charge in [0.25, 0.3) is 0 Å². The number of carboxylic acid groups (broad SMARTS) is 1. The second kappa shape index (κ2) is 6.87. The van der Waals surface area contributed by atoms with Crippen molar-refractivity contribution in [2.75, 3.05) is 6.54 Å². The number of aromatic nitrogens is 2. The molecule has 0 spiro atoms. The van der Waals surface area contributed by atoms with Crippen LogP contribution in [0.25, 0.3) is 10.7 Å². The lowest BCUT2D eigenvalue weighted by atomic mass is 10.2. The van der Waals surface area contributed by atoms with Crippen molar-refractivity contribution in [1.29, 1.82) is 0 Å². The minimum Gasteiger partial charge on any atom is -0.480 e. The number of hydrogen-bond donors (Lipinski definition) is 1. The average molecular weight is 395 g/mol. The topological polar surface area (TPSA) is 79.5 Å². The van der Waals surface area contributed by atoms with E-state index in [0.717, 1.165) is 21.6 Å². The van der Waals surface area contributed by atoms with Crippen molar-refractivity contribution in [1.82, 2.24) is 15.0 Å². The molecule has 0 aliphatic carbocycles. The van der Waals surface area contributed by atoms with Crippen molar-refractivity contribution in [3.8, 4) is 10.7 Å². The fourth-order valence-corrected chi connectivity index (χ4v) is 3.63. The Morgan fingerprint density at radius 2 is 2.38 bits per heavy atom. The highest BCUT2D eigenvalue weighted by molar-refractivity contribution is 9.11. The maximum Gasteiger partial charge on any atom is 0.320 e. The van der Waals surface area contributed by atoms with Crippen molar-refractivity contribution in [2.24, 2.45) is 0 Å². The third-order valence-corrected chi connectivity index (χ3v) is 4.87. The molecular weight excluding hydrogens is 382 g/mol. The number of halogens is 2. The number of hydrogen-bond acceptors (Lipinski definition) is 6. The molecule has 1 aliphatic heterocycles. The van der Waals surface area contributed by atoms with Gasteiger partial charge in [0.1, 0.15) is 6.04 Å². The van der Waals surface area contributed by atoms with Crippen LogP contribution in [0.4, 0.5) is 0 Å². The van der Waals surface area contributed by atoms with Gasteiger partial charge in [0.2, 0.25) is 11.7 Å². The molecule has 0 unspecified atom stereocenters. The lowest BCUT2D eigenvalue weighted by Crippen LogP contribution is -2.35. The van der Waals surface area contributed by atoms with Crippen LogP contribution in [0.2, 0.25) is 0 Å². The highest BCUT2D eigenvalue weighted by Crippen LogP contribution is 2.29. The third-order valence-electron chi connectivity index (χ3n) is 3.25. The Kier molecular flexibility index (Phi) is 5.37. The van der Waals surface area contributed by atoms with Gasteiger partial charge in [-0.05, 0) is 47.4 Å². The zero-order chi connectivity index (χ0) is 14.1. The molecule has 1 fully saturated rings. The zero-order valence-electron chi connectivity index (χ0n) is 10.9. The Hall–Kier alpha value is -0.960. The molecule has 1 aliphatic rings. The van der Waals surface area contributed by atoms with E-state index >= 15 is 0 Å². The van der Waals surface area contributed by atoms with E-state index < -0.39 is 12.0 Å². The molecular formula is C12H13BrClN3O3S. The van der Waals surface area contributed by atoms with Gasteiger partial charge in [-0.25, -0.2) is 0 Å². The van der Waals surface area contributed by atoms with Crippen LogP contribution >= 0.6 is 39.7 Å². The monoisotopic (exact) mass is 393 g/mol. The molecule has 114 valence electrons. The van der Waals surface area contributed by atoms with Crippen LogP contribution in [0.5, 0.6) is 0 Å². The van der Waals surface area contributed by atoms with Crippen LogP contribution in [-0.4, -0.2) is 38.7 Å². The van der Waals surface area contributed by atoms with Crippen molar-refractivity contribution >= 4 is 45.6 Å². The van der Waals surface area contributed by atoms with E-state index in [1.54, 1.807) is 0 Å². The van der Waals surface area contributed by atoms with Crippen molar-refractivity contribution < 1.29 is 14.4 Å². The predicted octanol–water partition coefficient (Wildman–Crippen LogP) is 3.03. The molecule has 1 saturated heterocycles. The Morgan fingerprint density at radius 1 is 1.57 bits per heavy atom. The molecule has 0 bridgehead atoms. The van der Waals surface area contributed by atoms with Crippen molar-refractivity contribution in [2.45, 2.75) is 25.4 Å². The summed E-state index contributed by atoms with van der Waals surface area (Å²) in [6, 6.07) is 3.40. The molecule has 2 aromatic rings. The number of thiophene rings is 1. The highest BCUT2D eigenvalue weighted by atomic mass is 79.9. The Bertz CT molecular complexity index is 633. The first-order valence-corrected chi connectivity index (χ1v) is 7.79. The minimum absolute atomic E-state index is 0. The molecule has 0 amide bonds. The highest BCUT2D eigenvalue weighted by Gasteiger charge is 2.31. The first-order chi connectivity index (χ1) is 9.63. The number of carbonyl (C=O) groups is 1. The molecule has 6 nitrogen and oxygen atoms in total. The molecule has 0 aromatic carbocycles. The molecule has 21 heavy (non-hydrogen) atoms. The van der Waals surface area contributed by atoms with Gasteiger partial charge in [0.05, 0.1) is 15.2 Å². The lowest BCUT2D eigenvalue weighted by molar-refractivity contribution is -0.142. The summed E-state index contributed by atoms with van der Waals surface area (Å²) in [7, 11) is 0. The van der Waals surface area contributed by atoms with Gasteiger partial charge in [-0.2, -0.15) is 4.98 Å². The molecule has 9 heteroatoms. The lowest BCUT2D eigenvalue weighted by Gasteiger charge is -2.18. The smallest absolute Gasteiger partial charge is 0.320 e. The predicted molar refractivity (Wildman–Crippen MR) is 83.6 cm³/mol. The number of carboxylic acids is 1. The minimum atomic E-state index is -0.788. The van der Waals surface area contributed by atoms with Crippen LogP contribution in [0.15, 0.2) is 20.4 Å². The van der Waals surface area contributed by atoms with Gasteiger partial charge in [-0.1, -0.05) is 5.16 Å². The van der Waals surface area contributed by atoms with Gasteiger partial charge in [-0.3, -0.25) is 9.69 Å².